The van der Waals surface area contributed by atoms with Gasteiger partial charge in [0.25, 0.3) is 0 Å². The van der Waals surface area contributed by atoms with Crippen molar-refractivity contribution in [3.63, 3.8) is 0 Å². The number of halogens is 2. The summed E-state index contributed by atoms with van der Waals surface area (Å²) in [7, 11) is 2.77. The number of ketones is 1. The van der Waals surface area contributed by atoms with Crippen molar-refractivity contribution < 1.29 is 23.0 Å². The summed E-state index contributed by atoms with van der Waals surface area (Å²) in [5.74, 6) is -1.13. The first-order valence-electron chi connectivity index (χ1n) is 6.62. The van der Waals surface area contributed by atoms with Crippen LogP contribution in [0.1, 0.15) is 27.0 Å². The predicted molar refractivity (Wildman–Crippen MR) is 78.8 cm³/mol. The third kappa shape index (κ3) is 2.79. The minimum Gasteiger partial charge on any atom is -0.497 e. The molecule has 3 nitrogen and oxygen atoms in total. The number of methoxy groups -OCH3 is 2. The van der Waals surface area contributed by atoms with E-state index in [-0.39, 0.29) is 33.8 Å². The zero-order chi connectivity index (χ0) is 16.4. The smallest absolute Gasteiger partial charge is 0.194 e. The molecule has 0 aliphatic rings. The summed E-state index contributed by atoms with van der Waals surface area (Å²) in [5, 5.41) is 0. The average molecular weight is 306 g/mol. The molecule has 0 heterocycles. The van der Waals surface area contributed by atoms with Gasteiger partial charge in [0.2, 0.25) is 0 Å². The van der Waals surface area contributed by atoms with Gasteiger partial charge in [-0.05, 0) is 37.1 Å². The van der Waals surface area contributed by atoms with Crippen molar-refractivity contribution in [1.82, 2.24) is 0 Å². The second-order valence-corrected chi connectivity index (χ2v) is 4.89. The first-order valence-corrected chi connectivity index (χ1v) is 6.62. The molecule has 0 unspecified atom stereocenters. The molecule has 0 bridgehead atoms. The summed E-state index contributed by atoms with van der Waals surface area (Å²) >= 11 is 0. The molecular formula is C17H16F2O3. The Kier molecular flexibility index (Phi) is 4.45. The van der Waals surface area contributed by atoms with Crippen LogP contribution < -0.4 is 9.47 Å². The first-order chi connectivity index (χ1) is 10.4. The third-order valence-electron chi connectivity index (χ3n) is 3.60. The van der Waals surface area contributed by atoms with Crippen LogP contribution in [-0.2, 0) is 0 Å². The highest BCUT2D eigenvalue weighted by Crippen LogP contribution is 2.27. The third-order valence-corrected chi connectivity index (χ3v) is 3.60. The lowest BCUT2D eigenvalue weighted by atomic mass is 9.95. The normalized spacial score (nSPS) is 10.5. The van der Waals surface area contributed by atoms with Crippen molar-refractivity contribution in [2.24, 2.45) is 0 Å². The standard InChI is InChI=1S/C17H16F2O3/c1-9-13(5-11(21-3)7-15(9)18)17(20)14-6-12(22-4)8-16(19)10(14)2/h5-8H,1-4H3. The summed E-state index contributed by atoms with van der Waals surface area (Å²) < 4.78 is 37.8. The number of carbonyl (C=O) groups excluding carboxylic acids is 1. The highest BCUT2D eigenvalue weighted by atomic mass is 19.1. The van der Waals surface area contributed by atoms with Crippen LogP contribution in [0.2, 0.25) is 0 Å². The molecule has 2 aromatic rings. The molecule has 0 aromatic heterocycles. The van der Waals surface area contributed by atoms with E-state index in [1.165, 1.54) is 52.3 Å². The van der Waals surface area contributed by atoms with Crippen molar-refractivity contribution >= 4 is 5.78 Å². The monoisotopic (exact) mass is 306 g/mol. The Hall–Kier alpha value is -2.43. The second-order valence-electron chi connectivity index (χ2n) is 4.89. The molecular weight excluding hydrogens is 290 g/mol. The van der Waals surface area contributed by atoms with Crippen molar-refractivity contribution in [3.8, 4) is 11.5 Å². The summed E-state index contributed by atoms with van der Waals surface area (Å²) in [6, 6.07) is 5.28. The molecule has 0 radical (unpaired) electrons. The number of benzene rings is 2. The Morgan fingerprint density at radius 3 is 1.50 bits per heavy atom. The van der Waals surface area contributed by atoms with Crippen LogP contribution in [0.15, 0.2) is 24.3 Å². The molecule has 22 heavy (non-hydrogen) atoms. The first kappa shape index (κ1) is 15.9. The Balaban J connectivity index is 2.62. The summed E-state index contributed by atoms with van der Waals surface area (Å²) in [5.41, 5.74) is 0.641. The zero-order valence-corrected chi connectivity index (χ0v) is 12.8. The summed E-state index contributed by atoms with van der Waals surface area (Å²) in [6.45, 7) is 2.99. The number of carbonyl (C=O) groups is 1. The maximum absolute atomic E-state index is 13.9. The zero-order valence-electron chi connectivity index (χ0n) is 12.8. The number of hydrogen-bond acceptors (Lipinski definition) is 3. The van der Waals surface area contributed by atoms with Gasteiger partial charge in [0.1, 0.15) is 23.1 Å². The van der Waals surface area contributed by atoms with Gasteiger partial charge >= 0.3 is 0 Å². The minimum absolute atomic E-state index is 0.132. The van der Waals surface area contributed by atoms with E-state index in [9.17, 15) is 13.6 Å². The lowest BCUT2D eigenvalue weighted by Crippen LogP contribution is -2.09. The van der Waals surface area contributed by atoms with Crippen LogP contribution in [0.5, 0.6) is 11.5 Å². The van der Waals surface area contributed by atoms with Crippen LogP contribution in [0.4, 0.5) is 8.78 Å². The van der Waals surface area contributed by atoms with Gasteiger partial charge in [0.05, 0.1) is 14.2 Å². The van der Waals surface area contributed by atoms with E-state index in [4.69, 9.17) is 9.47 Å². The Bertz CT molecular complexity index is 678. The molecule has 116 valence electrons. The molecule has 0 spiro atoms. The van der Waals surface area contributed by atoms with E-state index in [0.29, 0.717) is 0 Å². The maximum atomic E-state index is 13.9. The molecule has 0 aliphatic heterocycles. The van der Waals surface area contributed by atoms with Crippen molar-refractivity contribution in [1.29, 1.82) is 0 Å². The van der Waals surface area contributed by atoms with E-state index in [0.717, 1.165) is 0 Å². The fraction of sp³-hybridized carbons (Fsp3) is 0.235. The summed E-state index contributed by atoms with van der Waals surface area (Å²) in [6.07, 6.45) is 0. The van der Waals surface area contributed by atoms with Crippen LogP contribution >= 0.6 is 0 Å². The van der Waals surface area contributed by atoms with Gasteiger partial charge in [-0.2, -0.15) is 0 Å². The molecule has 0 atom stereocenters. The molecule has 0 N–H and O–H groups in total. The molecule has 0 fully saturated rings. The molecule has 5 heteroatoms. The number of rotatable bonds is 4. The van der Waals surface area contributed by atoms with Gasteiger partial charge in [-0.1, -0.05) is 0 Å². The lowest BCUT2D eigenvalue weighted by Gasteiger charge is -2.12. The van der Waals surface area contributed by atoms with Gasteiger partial charge < -0.3 is 9.47 Å². The van der Waals surface area contributed by atoms with E-state index >= 15 is 0 Å². The fourth-order valence-electron chi connectivity index (χ4n) is 2.16. The van der Waals surface area contributed by atoms with E-state index in [1.807, 2.05) is 0 Å². The summed E-state index contributed by atoms with van der Waals surface area (Å²) in [4.78, 5) is 12.7. The van der Waals surface area contributed by atoms with Gasteiger partial charge in [-0.25, -0.2) is 8.78 Å². The number of hydrogen-bond donors (Lipinski definition) is 0. The van der Waals surface area contributed by atoms with E-state index in [2.05, 4.69) is 0 Å². The SMILES string of the molecule is COc1cc(F)c(C)c(C(=O)c2cc(OC)cc(F)c2C)c1. The van der Waals surface area contributed by atoms with Crippen LogP contribution in [0.25, 0.3) is 0 Å². The van der Waals surface area contributed by atoms with Crippen molar-refractivity contribution in [2.75, 3.05) is 14.2 Å². The molecule has 0 aliphatic carbocycles. The van der Waals surface area contributed by atoms with E-state index in [1.54, 1.807) is 0 Å². The Morgan fingerprint density at radius 2 is 1.18 bits per heavy atom. The Labute approximate surface area is 127 Å². The van der Waals surface area contributed by atoms with Gasteiger partial charge in [-0.15, -0.1) is 0 Å². The van der Waals surface area contributed by atoms with Gasteiger partial charge in [0, 0.05) is 23.3 Å². The van der Waals surface area contributed by atoms with Gasteiger partial charge in [-0.3, -0.25) is 4.79 Å². The van der Waals surface area contributed by atoms with E-state index < -0.39 is 17.4 Å². The van der Waals surface area contributed by atoms with Crippen LogP contribution in [-0.4, -0.2) is 20.0 Å². The molecule has 0 saturated heterocycles. The highest BCUT2D eigenvalue weighted by molar-refractivity contribution is 6.11. The molecule has 0 saturated carbocycles. The number of ether oxygens (including phenoxy) is 2. The highest BCUT2D eigenvalue weighted by Gasteiger charge is 2.20. The second kappa shape index (κ2) is 6.13. The molecule has 2 rings (SSSR count). The Morgan fingerprint density at radius 1 is 0.818 bits per heavy atom. The van der Waals surface area contributed by atoms with Crippen molar-refractivity contribution in [2.45, 2.75) is 13.8 Å². The molecule has 2 aromatic carbocycles. The quantitative estimate of drug-likeness (QED) is 0.805. The molecule has 0 amide bonds. The predicted octanol–water partition coefficient (Wildman–Crippen LogP) is 3.83. The fourth-order valence-corrected chi connectivity index (χ4v) is 2.16. The average Bonchev–Trinajstić information content (AvgIpc) is 2.51. The largest absolute Gasteiger partial charge is 0.497 e. The lowest BCUT2D eigenvalue weighted by molar-refractivity contribution is 0.103. The van der Waals surface area contributed by atoms with Crippen LogP contribution in [0, 0.1) is 25.5 Å². The van der Waals surface area contributed by atoms with Crippen LogP contribution in [0.3, 0.4) is 0 Å². The minimum atomic E-state index is -0.552. The van der Waals surface area contributed by atoms with Gasteiger partial charge in [0.15, 0.2) is 5.78 Å². The van der Waals surface area contributed by atoms with Crippen molar-refractivity contribution in [3.05, 3.63) is 58.2 Å². The maximum Gasteiger partial charge on any atom is 0.194 e. The topological polar surface area (TPSA) is 35.5 Å².